The molecule has 0 radical (unpaired) electrons. The van der Waals surface area contributed by atoms with E-state index in [1.807, 2.05) is 0 Å². The van der Waals surface area contributed by atoms with Gasteiger partial charge in [0.1, 0.15) is 18.2 Å². The first kappa shape index (κ1) is 14.8. The highest BCUT2D eigenvalue weighted by Gasteiger charge is 2.20. The van der Waals surface area contributed by atoms with Crippen LogP contribution in [-0.4, -0.2) is 37.0 Å². The molecule has 1 aliphatic rings. The molecule has 5 heteroatoms. The number of nitrogens with zero attached hydrogens (tertiary/aromatic N) is 1. The summed E-state index contributed by atoms with van der Waals surface area (Å²) in [7, 11) is 0. The van der Waals surface area contributed by atoms with Crippen LogP contribution < -0.4 is 10.5 Å². The zero-order valence-corrected chi connectivity index (χ0v) is 11.6. The molecule has 1 aliphatic heterocycles. The van der Waals surface area contributed by atoms with Crippen LogP contribution >= 0.6 is 0 Å². The largest absolute Gasteiger partial charge is 0.492 e. The van der Waals surface area contributed by atoms with Crippen molar-refractivity contribution in [3.8, 4) is 5.75 Å². The standard InChI is InChI=1S/C15H21FN2O2/c16-13-2-1-3-14(11-13)20-9-8-18-6-4-12(5-7-18)10-15(17)19/h1-3,11-12H,4-10H2,(H2,17,19). The Labute approximate surface area is 118 Å². The SMILES string of the molecule is NC(=O)CC1CCN(CCOc2cccc(F)c2)CC1. The number of amides is 1. The molecule has 0 atom stereocenters. The van der Waals surface area contributed by atoms with E-state index in [9.17, 15) is 9.18 Å². The van der Waals surface area contributed by atoms with E-state index in [1.54, 1.807) is 12.1 Å². The van der Waals surface area contributed by atoms with Gasteiger partial charge in [-0.05, 0) is 44.0 Å². The molecule has 1 saturated heterocycles. The number of nitrogens with two attached hydrogens (primary N) is 1. The number of benzene rings is 1. The van der Waals surface area contributed by atoms with Crippen LogP contribution in [0.2, 0.25) is 0 Å². The molecular formula is C15H21FN2O2. The van der Waals surface area contributed by atoms with Crippen molar-refractivity contribution in [2.75, 3.05) is 26.2 Å². The lowest BCUT2D eigenvalue weighted by Crippen LogP contribution is -2.37. The van der Waals surface area contributed by atoms with Gasteiger partial charge in [-0.2, -0.15) is 0 Å². The Hall–Kier alpha value is -1.62. The number of primary amides is 1. The van der Waals surface area contributed by atoms with Crippen LogP contribution in [0.3, 0.4) is 0 Å². The van der Waals surface area contributed by atoms with Crippen molar-refractivity contribution in [3.63, 3.8) is 0 Å². The molecule has 1 heterocycles. The van der Waals surface area contributed by atoms with Crippen LogP contribution in [0.5, 0.6) is 5.75 Å². The van der Waals surface area contributed by atoms with E-state index in [1.165, 1.54) is 12.1 Å². The van der Waals surface area contributed by atoms with Crippen LogP contribution in [-0.2, 0) is 4.79 Å². The summed E-state index contributed by atoms with van der Waals surface area (Å²) in [6.45, 7) is 3.29. The third-order valence-corrected chi connectivity index (χ3v) is 3.67. The van der Waals surface area contributed by atoms with Gasteiger partial charge >= 0.3 is 0 Å². The summed E-state index contributed by atoms with van der Waals surface area (Å²) in [5.41, 5.74) is 5.21. The lowest BCUT2D eigenvalue weighted by molar-refractivity contribution is -0.119. The highest BCUT2D eigenvalue weighted by atomic mass is 19.1. The van der Waals surface area contributed by atoms with Crippen molar-refractivity contribution in [2.24, 2.45) is 11.7 Å². The van der Waals surface area contributed by atoms with Crippen molar-refractivity contribution >= 4 is 5.91 Å². The Balaban J connectivity index is 1.65. The van der Waals surface area contributed by atoms with Gasteiger partial charge < -0.3 is 10.5 Å². The van der Waals surface area contributed by atoms with Gasteiger partial charge in [0.05, 0.1) is 0 Å². The topological polar surface area (TPSA) is 55.6 Å². The molecule has 2 rings (SSSR count). The van der Waals surface area contributed by atoms with Crippen LogP contribution in [0.1, 0.15) is 19.3 Å². The summed E-state index contributed by atoms with van der Waals surface area (Å²) >= 11 is 0. The summed E-state index contributed by atoms with van der Waals surface area (Å²) < 4.78 is 18.5. The minimum absolute atomic E-state index is 0.210. The summed E-state index contributed by atoms with van der Waals surface area (Å²) in [5.74, 6) is 0.495. The molecule has 1 aromatic carbocycles. The summed E-state index contributed by atoms with van der Waals surface area (Å²) in [4.78, 5) is 13.2. The van der Waals surface area contributed by atoms with Gasteiger partial charge in [0.2, 0.25) is 5.91 Å². The Morgan fingerprint density at radius 3 is 2.80 bits per heavy atom. The van der Waals surface area contributed by atoms with Crippen LogP contribution in [0.15, 0.2) is 24.3 Å². The van der Waals surface area contributed by atoms with Gasteiger partial charge in [-0.25, -0.2) is 4.39 Å². The maximum Gasteiger partial charge on any atom is 0.217 e. The maximum absolute atomic E-state index is 13.0. The molecule has 1 fully saturated rings. The molecule has 0 bridgehead atoms. The molecule has 2 N–H and O–H groups in total. The second kappa shape index (κ2) is 7.24. The van der Waals surface area contributed by atoms with E-state index in [2.05, 4.69) is 4.90 Å². The van der Waals surface area contributed by atoms with E-state index >= 15 is 0 Å². The Morgan fingerprint density at radius 1 is 1.40 bits per heavy atom. The lowest BCUT2D eigenvalue weighted by atomic mass is 9.93. The Morgan fingerprint density at radius 2 is 2.15 bits per heavy atom. The highest BCUT2D eigenvalue weighted by Crippen LogP contribution is 2.20. The average Bonchev–Trinajstić information content (AvgIpc) is 2.40. The molecule has 1 aromatic rings. The van der Waals surface area contributed by atoms with Crippen molar-refractivity contribution in [3.05, 3.63) is 30.1 Å². The van der Waals surface area contributed by atoms with E-state index in [-0.39, 0.29) is 11.7 Å². The fourth-order valence-electron chi connectivity index (χ4n) is 2.55. The van der Waals surface area contributed by atoms with Gasteiger partial charge in [-0.3, -0.25) is 9.69 Å². The summed E-state index contributed by atoms with van der Waals surface area (Å²) in [5, 5.41) is 0. The molecule has 0 saturated carbocycles. The minimum Gasteiger partial charge on any atom is -0.492 e. The fraction of sp³-hybridized carbons (Fsp3) is 0.533. The summed E-state index contributed by atoms with van der Waals surface area (Å²) in [6.07, 6.45) is 2.50. The predicted molar refractivity (Wildman–Crippen MR) is 74.9 cm³/mol. The molecule has 0 aromatic heterocycles. The fourth-order valence-corrected chi connectivity index (χ4v) is 2.55. The van der Waals surface area contributed by atoms with Crippen LogP contribution in [0.4, 0.5) is 4.39 Å². The average molecular weight is 280 g/mol. The molecule has 0 unspecified atom stereocenters. The first-order valence-electron chi connectivity index (χ1n) is 7.02. The Kier molecular flexibility index (Phi) is 5.35. The van der Waals surface area contributed by atoms with E-state index < -0.39 is 0 Å². The predicted octanol–water partition coefficient (Wildman–Crippen LogP) is 1.79. The van der Waals surface area contributed by atoms with E-state index in [0.29, 0.717) is 24.7 Å². The highest BCUT2D eigenvalue weighted by molar-refractivity contribution is 5.73. The number of ether oxygens (including phenoxy) is 1. The number of carbonyl (C=O) groups excluding carboxylic acids is 1. The summed E-state index contributed by atoms with van der Waals surface area (Å²) in [6, 6.07) is 6.18. The zero-order valence-electron chi connectivity index (χ0n) is 11.6. The van der Waals surface area contributed by atoms with Gasteiger partial charge in [0.25, 0.3) is 0 Å². The van der Waals surface area contributed by atoms with Gasteiger partial charge in [0.15, 0.2) is 0 Å². The van der Waals surface area contributed by atoms with Gasteiger partial charge in [-0.15, -0.1) is 0 Å². The van der Waals surface area contributed by atoms with Crippen molar-refractivity contribution in [1.29, 1.82) is 0 Å². The van der Waals surface area contributed by atoms with Crippen molar-refractivity contribution in [2.45, 2.75) is 19.3 Å². The quantitative estimate of drug-likeness (QED) is 0.864. The number of carbonyl (C=O) groups is 1. The molecule has 0 aliphatic carbocycles. The Bertz CT molecular complexity index is 445. The number of hydrogen-bond acceptors (Lipinski definition) is 3. The number of likely N-dealkylation sites (tertiary alicyclic amines) is 1. The third-order valence-electron chi connectivity index (χ3n) is 3.67. The van der Waals surface area contributed by atoms with E-state index in [4.69, 9.17) is 10.5 Å². The molecule has 0 spiro atoms. The number of hydrogen-bond donors (Lipinski definition) is 1. The van der Waals surface area contributed by atoms with E-state index in [0.717, 1.165) is 32.5 Å². The second-order valence-corrected chi connectivity index (χ2v) is 5.26. The first-order chi connectivity index (χ1) is 9.63. The maximum atomic E-state index is 13.0. The molecule has 4 nitrogen and oxygen atoms in total. The lowest BCUT2D eigenvalue weighted by Gasteiger charge is -2.31. The van der Waals surface area contributed by atoms with Crippen molar-refractivity contribution in [1.82, 2.24) is 4.90 Å². The molecule has 110 valence electrons. The number of piperidine rings is 1. The number of rotatable bonds is 6. The van der Waals surface area contributed by atoms with Crippen molar-refractivity contribution < 1.29 is 13.9 Å². The third kappa shape index (κ3) is 4.81. The molecule has 20 heavy (non-hydrogen) atoms. The minimum atomic E-state index is -0.283. The normalized spacial score (nSPS) is 17.1. The smallest absolute Gasteiger partial charge is 0.217 e. The van der Waals surface area contributed by atoms with Crippen LogP contribution in [0.25, 0.3) is 0 Å². The monoisotopic (exact) mass is 280 g/mol. The van der Waals surface area contributed by atoms with Gasteiger partial charge in [-0.1, -0.05) is 6.07 Å². The zero-order chi connectivity index (χ0) is 14.4. The second-order valence-electron chi connectivity index (χ2n) is 5.26. The number of halogens is 1. The van der Waals surface area contributed by atoms with Crippen LogP contribution in [0, 0.1) is 11.7 Å². The van der Waals surface area contributed by atoms with Gasteiger partial charge in [0, 0.05) is 19.0 Å². The first-order valence-corrected chi connectivity index (χ1v) is 7.02. The molecule has 1 amide bonds. The molecular weight excluding hydrogens is 259 g/mol.